The van der Waals surface area contributed by atoms with Gasteiger partial charge in [-0.25, -0.2) is 63.5 Å². The van der Waals surface area contributed by atoms with Crippen LogP contribution in [0.4, 0.5) is 39.6 Å². The molecule has 0 spiro atoms. The van der Waals surface area contributed by atoms with Crippen LogP contribution in [0.25, 0.3) is 51.8 Å². The van der Waals surface area contributed by atoms with E-state index in [0.717, 1.165) is 79.8 Å². The van der Waals surface area contributed by atoms with Gasteiger partial charge in [-0.15, -0.1) is 58.8 Å². The van der Waals surface area contributed by atoms with Gasteiger partial charge in [-0.3, -0.25) is 0 Å². The van der Waals surface area contributed by atoms with E-state index in [-0.39, 0.29) is 28.2 Å². The number of aryl methyl sites for hydroxylation is 3. The number of nitrogens with one attached hydrogen (secondary N) is 3. The third-order valence-corrected chi connectivity index (χ3v) is 23.0. The molecule has 33 heteroatoms. The molecule has 0 atom stereocenters. The smallest absolute Gasteiger partial charge is 0.337 e. The van der Waals surface area contributed by atoms with E-state index >= 15 is 0 Å². The van der Waals surface area contributed by atoms with Gasteiger partial charge >= 0.3 is 41.8 Å². The lowest BCUT2D eigenvalue weighted by molar-refractivity contribution is 0.0591. The molecule has 15 rings (SSSR count). The first-order chi connectivity index (χ1) is 58.6. The van der Waals surface area contributed by atoms with Crippen LogP contribution in [0, 0.1) is 20.8 Å². The molecule has 9 aromatic carbocycles. The Morgan fingerprint density at radius 2 is 0.713 bits per heavy atom. The van der Waals surface area contributed by atoms with Crippen LogP contribution >= 0.6 is 70.2 Å². The van der Waals surface area contributed by atoms with E-state index in [4.69, 9.17) is 57.6 Å². The predicted molar refractivity (Wildman–Crippen MR) is 488 cm³/mol. The molecule has 15 N–H and O–H groups in total. The number of thiazole rings is 3. The van der Waals surface area contributed by atoms with Gasteiger partial charge in [-0.05, 0) is 183 Å². The molecule has 0 aliphatic rings. The Labute approximate surface area is 726 Å². The number of carboxylic acids is 4. The second kappa shape index (κ2) is 43.7. The summed E-state index contributed by atoms with van der Waals surface area (Å²) in [6.45, 7) is 8.32. The molecule has 0 unspecified atom stereocenters. The number of hydrogen-bond donors (Lipinski definition) is 12. The molecule has 0 fully saturated rings. The monoisotopic (exact) mass is 1750 g/mol. The van der Waals surface area contributed by atoms with Crippen LogP contribution in [-0.2, 0) is 33.8 Å². The summed E-state index contributed by atoms with van der Waals surface area (Å²) in [6, 6.07) is 65.5. The number of esters is 3. The molecule has 0 aliphatic carbocycles. The molecule has 0 aliphatic heterocycles. The molecule has 6 heterocycles. The first-order valence-corrected chi connectivity index (χ1v) is 41.5. The molecule has 0 bridgehead atoms. The van der Waals surface area contributed by atoms with Crippen LogP contribution in [0.3, 0.4) is 0 Å². The highest BCUT2D eigenvalue weighted by Gasteiger charge is 2.17. The third-order valence-electron chi connectivity index (χ3n) is 17.4. The van der Waals surface area contributed by atoms with Gasteiger partial charge in [0.05, 0.1) is 90.9 Å². The number of methoxy groups -OCH3 is 3. The molecular formula is C89H81N13O14S6. The van der Waals surface area contributed by atoms with Crippen LogP contribution in [0.15, 0.2) is 252 Å². The van der Waals surface area contributed by atoms with Crippen molar-refractivity contribution < 1.29 is 68.2 Å². The average molecular weight is 1750 g/mol. The number of carbonyl (C=O) groups is 7. The van der Waals surface area contributed by atoms with Crippen molar-refractivity contribution in [1.82, 2.24) is 29.9 Å². The molecule has 27 nitrogen and oxygen atoms in total. The van der Waals surface area contributed by atoms with Gasteiger partial charge in [0.25, 0.3) is 0 Å². The number of aromatic nitrogens is 6. The lowest BCUT2D eigenvalue weighted by Gasteiger charge is -2.09. The number of anilines is 7. The Hall–Kier alpha value is -14.0. The van der Waals surface area contributed by atoms with Crippen molar-refractivity contribution in [3.63, 3.8) is 0 Å². The molecule has 0 amide bonds. The first-order valence-electron chi connectivity index (χ1n) is 36.6. The van der Waals surface area contributed by atoms with E-state index in [0.29, 0.717) is 67.8 Å². The van der Waals surface area contributed by atoms with Gasteiger partial charge in [0, 0.05) is 86.2 Å². The summed E-state index contributed by atoms with van der Waals surface area (Å²) in [5.41, 5.74) is 38.3. The number of hydrogen-bond acceptors (Lipinski definition) is 29. The average Bonchev–Trinajstić information content (AvgIpc) is 1.71. The molecule has 0 saturated heterocycles. The van der Waals surface area contributed by atoms with E-state index in [1.165, 1.54) is 149 Å². The molecule has 15 aromatic rings. The third kappa shape index (κ3) is 26.3. The zero-order chi connectivity index (χ0) is 87.5. The summed E-state index contributed by atoms with van der Waals surface area (Å²) in [6.07, 6.45) is 4.95. The van der Waals surface area contributed by atoms with Gasteiger partial charge in [0.15, 0.2) is 5.13 Å². The molecule has 0 saturated carbocycles. The highest BCUT2D eigenvalue weighted by molar-refractivity contribution is 8.16. The van der Waals surface area contributed by atoms with Gasteiger partial charge < -0.3 is 73.5 Å². The fraction of sp³-hybridized carbons (Fsp3) is 0.112. The Bertz CT molecular complexity index is 6190. The number of carbonyl (C=O) groups excluding carboxylic acids is 3. The number of rotatable bonds is 22. The Morgan fingerprint density at radius 1 is 0.377 bits per heavy atom. The van der Waals surface area contributed by atoms with Crippen LogP contribution in [0.1, 0.15) is 106 Å². The summed E-state index contributed by atoms with van der Waals surface area (Å²) in [4.78, 5) is 106. The summed E-state index contributed by atoms with van der Waals surface area (Å²) in [5, 5.41) is 47.7. The number of thiol groups is 1. The van der Waals surface area contributed by atoms with Crippen molar-refractivity contribution in [2.24, 2.45) is 0 Å². The topological polar surface area (TPSA) is 446 Å². The number of pyridine rings is 3. The number of nitrogens with zero attached hydrogens (tertiary/aromatic N) is 6. The largest absolute Gasteiger partial charge is 0.478 e. The number of thioether (sulfide) groups is 2. The maximum absolute atomic E-state index is 11.7. The lowest BCUT2D eigenvalue weighted by Crippen LogP contribution is -2.03. The number of fused-ring (bicyclic) bond motifs is 3. The van der Waals surface area contributed by atoms with Crippen molar-refractivity contribution in [3.05, 3.63) is 309 Å². The minimum Gasteiger partial charge on any atom is -0.478 e. The summed E-state index contributed by atoms with van der Waals surface area (Å²) < 4.78 is 16.8. The summed E-state index contributed by atoms with van der Waals surface area (Å²) in [7, 11) is 4.04. The van der Waals surface area contributed by atoms with E-state index in [9.17, 15) is 33.6 Å². The van der Waals surface area contributed by atoms with Gasteiger partial charge in [0.1, 0.15) is 27.5 Å². The predicted octanol–water partition coefficient (Wildman–Crippen LogP) is 18.8. The zero-order valence-corrected chi connectivity index (χ0v) is 71.2. The number of benzene rings is 9. The normalized spacial score (nSPS) is 10.5. The van der Waals surface area contributed by atoms with Crippen molar-refractivity contribution in [2.45, 2.75) is 55.1 Å². The molecule has 622 valence electrons. The number of aromatic carboxylic acids is 4. The number of nitrogens with two attached hydrogens (primary N) is 4. The van der Waals surface area contributed by atoms with E-state index in [1.807, 2.05) is 73.8 Å². The molecular weight excluding hydrogens is 1670 g/mol. The fourth-order valence-corrected chi connectivity index (χ4v) is 16.2. The molecule has 122 heavy (non-hydrogen) atoms. The second-order valence-corrected chi connectivity index (χ2v) is 32.3. The maximum atomic E-state index is 11.7. The van der Waals surface area contributed by atoms with Crippen LogP contribution in [-0.4, -0.2) is 119 Å². The van der Waals surface area contributed by atoms with Gasteiger partial charge in [0.2, 0.25) is 0 Å². The van der Waals surface area contributed by atoms with Crippen LogP contribution < -0.4 is 38.9 Å². The lowest BCUT2D eigenvalue weighted by atomic mass is 10.1. The van der Waals surface area contributed by atoms with Crippen molar-refractivity contribution in [2.75, 3.05) is 65.3 Å². The van der Waals surface area contributed by atoms with Crippen molar-refractivity contribution in [3.8, 4) is 21.1 Å². The first kappa shape index (κ1) is 90.4. The standard InChI is InChI=1S/C22H19N3O2S.C21H17N3O2S.C17H18N2O4S2.C14H14N2O2.C8H6N2O2S.C7H7NO2S/c1-14-4-3-5-15(10-14)12-23-20-9-7-17(13-24-20)21-25-18-8-6-16(22(26)27-2)11-19(18)28-21;1-13-3-2-4-14(9-13)11-22-19-8-6-16(12-23-19)20-24-17-7-5-15(21(25)26)10-18(17)27-20;1-22-16(20)10-3-5-12(18)14(7-10)24-9-25-15-8-11(17(21)23-2)4-6-13(15)19;1-10-3-2-4-11(7-10)8-15-13-6-5-12(9-16-13)14(17)18;9-8-10-5-2-1-4(7(11)12)3-6(5)13-8;8-5-2-1-4(7(9)10)3-6(5)11/h3-11,13H,12H2,1-2H3,(H,23,24);2-10,12H,11H2,1H3,(H,22,23)(H,25,26);3-8H,9,18-19H2,1-2H3;2-7,9H,8H2,1H3,(H,15,16)(H,17,18);1-3H,(H2,9,10)(H,11,12);1-3,11H,8H2,(H,9,10). The Balaban J connectivity index is 0.000000158. The van der Waals surface area contributed by atoms with Crippen molar-refractivity contribution in [1.29, 1.82) is 0 Å². The SMILES string of the molecule is COC(=O)c1ccc(N)c(SCSc2cc(C(=O)OC)ccc2N)c1.COC(=O)c1ccc2nc(-c3ccc(NCc4cccc(C)c4)nc3)sc2c1.Cc1cccc(CNc2ccc(-c3nc4ccc(C(=O)O)cc4s3)cn2)c1.Cc1cccc(CNc2ccc(C(=O)O)cn2)c1.Nc1ccc(C(=O)O)cc1S.Nc1nc2ccc(C(=O)O)cc2s1. The van der Waals surface area contributed by atoms with E-state index in [2.05, 4.69) is 121 Å². The number of ether oxygens (including phenoxy) is 3. The second-order valence-electron chi connectivity index (χ2n) is 26.3. The zero-order valence-electron chi connectivity index (χ0n) is 66.2. The quantitative estimate of drug-likeness (QED) is 0.00749. The minimum absolute atomic E-state index is 0.191. The summed E-state index contributed by atoms with van der Waals surface area (Å²) >= 11 is 11.2. The highest BCUT2D eigenvalue weighted by Crippen LogP contribution is 2.37. The van der Waals surface area contributed by atoms with Crippen molar-refractivity contribution >= 4 is 182 Å². The molecule has 6 aromatic heterocycles. The highest BCUT2D eigenvalue weighted by atomic mass is 32.2. The van der Waals surface area contributed by atoms with Crippen LogP contribution in [0.2, 0.25) is 0 Å². The van der Waals surface area contributed by atoms with E-state index < -0.39 is 35.8 Å². The Kier molecular flexibility index (Phi) is 32.3. The number of carboxylic acid groups (broad SMARTS) is 4. The van der Waals surface area contributed by atoms with Gasteiger partial charge in [-0.2, -0.15) is 0 Å². The Morgan fingerprint density at radius 3 is 1.08 bits per heavy atom. The van der Waals surface area contributed by atoms with Crippen LogP contribution in [0.5, 0.6) is 0 Å². The van der Waals surface area contributed by atoms with E-state index in [1.54, 1.807) is 85.1 Å². The van der Waals surface area contributed by atoms with Gasteiger partial charge in [-0.1, -0.05) is 101 Å². The fourth-order valence-electron chi connectivity index (χ4n) is 11.1. The maximum Gasteiger partial charge on any atom is 0.337 e. The minimum atomic E-state index is -0.972. The summed E-state index contributed by atoms with van der Waals surface area (Å²) in [5.74, 6) is -2.69. The number of nitrogen functional groups attached to an aromatic ring is 4. The molecule has 0 radical (unpaired) electrons.